The summed E-state index contributed by atoms with van der Waals surface area (Å²) in [6.07, 6.45) is 4.72. The molecule has 0 aromatic heterocycles. The van der Waals surface area contributed by atoms with Crippen LogP contribution in [0.3, 0.4) is 0 Å². The number of rotatable bonds is 9. The molecule has 2 amide bonds. The maximum atomic E-state index is 12.1. The molecule has 1 fully saturated rings. The van der Waals surface area contributed by atoms with Crippen LogP contribution in [0.5, 0.6) is 0 Å². The van der Waals surface area contributed by atoms with Gasteiger partial charge < -0.3 is 15.4 Å². The van der Waals surface area contributed by atoms with E-state index in [0.29, 0.717) is 24.2 Å². The summed E-state index contributed by atoms with van der Waals surface area (Å²) in [5.41, 5.74) is 1.18. The molecular formula is C18H24N2O4. The maximum absolute atomic E-state index is 12.1. The maximum Gasteiger partial charge on any atom is 0.305 e. The highest BCUT2D eigenvalue weighted by Gasteiger charge is 2.29. The van der Waals surface area contributed by atoms with Crippen LogP contribution in [-0.2, 0) is 14.3 Å². The van der Waals surface area contributed by atoms with Crippen molar-refractivity contribution in [3.8, 4) is 0 Å². The molecule has 24 heavy (non-hydrogen) atoms. The SMILES string of the molecule is COC(=O)CCCCCNC(=O)c1cccc(NC(=O)C2CC2)c1. The number of unbranched alkanes of at least 4 members (excludes halogenated alkanes) is 2. The van der Waals surface area contributed by atoms with Crippen LogP contribution in [0.4, 0.5) is 5.69 Å². The minimum Gasteiger partial charge on any atom is -0.469 e. The summed E-state index contributed by atoms with van der Waals surface area (Å²) in [6.45, 7) is 0.554. The van der Waals surface area contributed by atoms with Gasteiger partial charge in [0.2, 0.25) is 5.91 Å². The van der Waals surface area contributed by atoms with Gasteiger partial charge >= 0.3 is 5.97 Å². The fourth-order valence-electron chi connectivity index (χ4n) is 2.31. The normalized spacial score (nSPS) is 13.2. The van der Waals surface area contributed by atoms with Crippen molar-refractivity contribution in [2.24, 2.45) is 5.92 Å². The Morgan fingerprint density at radius 3 is 2.67 bits per heavy atom. The molecule has 1 aliphatic rings. The van der Waals surface area contributed by atoms with E-state index in [1.807, 2.05) is 0 Å². The molecule has 0 spiro atoms. The van der Waals surface area contributed by atoms with E-state index in [1.165, 1.54) is 7.11 Å². The zero-order chi connectivity index (χ0) is 17.4. The van der Waals surface area contributed by atoms with Crippen molar-refractivity contribution >= 4 is 23.5 Å². The molecule has 1 aliphatic carbocycles. The van der Waals surface area contributed by atoms with Gasteiger partial charge in [0.05, 0.1) is 7.11 Å². The molecule has 1 aromatic carbocycles. The largest absolute Gasteiger partial charge is 0.469 e. The summed E-state index contributed by atoms with van der Waals surface area (Å²) in [5.74, 6) is -0.208. The molecule has 6 nitrogen and oxygen atoms in total. The monoisotopic (exact) mass is 332 g/mol. The molecule has 0 unspecified atom stereocenters. The van der Waals surface area contributed by atoms with E-state index in [9.17, 15) is 14.4 Å². The Balaban J connectivity index is 1.70. The summed E-state index contributed by atoms with van der Waals surface area (Å²) in [6, 6.07) is 6.95. The van der Waals surface area contributed by atoms with Crippen molar-refractivity contribution in [3.05, 3.63) is 29.8 Å². The fraction of sp³-hybridized carbons (Fsp3) is 0.500. The zero-order valence-corrected chi connectivity index (χ0v) is 14.0. The second-order valence-corrected chi connectivity index (χ2v) is 5.99. The first-order chi connectivity index (χ1) is 11.6. The topological polar surface area (TPSA) is 84.5 Å². The molecule has 1 aromatic rings. The lowest BCUT2D eigenvalue weighted by Gasteiger charge is -2.08. The third-order valence-electron chi connectivity index (χ3n) is 3.91. The molecule has 0 radical (unpaired) electrons. The first-order valence-electron chi connectivity index (χ1n) is 8.36. The molecule has 130 valence electrons. The number of amides is 2. The van der Waals surface area contributed by atoms with E-state index in [-0.39, 0.29) is 23.7 Å². The number of ether oxygens (including phenoxy) is 1. The van der Waals surface area contributed by atoms with Gasteiger partial charge in [0.15, 0.2) is 0 Å². The summed E-state index contributed by atoms with van der Waals surface area (Å²) in [7, 11) is 1.38. The van der Waals surface area contributed by atoms with Crippen LogP contribution in [-0.4, -0.2) is 31.4 Å². The van der Waals surface area contributed by atoms with Crippen LogP contribution in [0.15, 0.2) is 24.3 Å². The highest BCUT2D eigenvalue weighted by atomic mass is 16.5. The number of methoxy groups -OCH3 is 1. The first-order valence-corrected chi connectivity index (χ1v) is 8.36. The molecular weight excluding hydrogens is 308 g/mol. The molecule has 6 heteroatoms. The van der Waals surface area contributed by atoms with Gasteiger partial charge in [0, 0.05) is 30.1 Å². The van der Waals surface area contributed by atoms with Crippen molar-refractivity contribution < 1.29 is 19.1 Å². The molecule has 0 saturated heterocycles. The van der Waals surface area contributed by atoms with Gasteiger partial charge in [-0.25, -0.2) is 0 Å². The minimum atomic E-state index is -0.205. The van der Waals surface area contributed by atoms with Crippen LogP contribution >= 0.6 is 0 Å². The highest BCUT2D eigenvalue weighted by molar-refractivity contribution is 5.98. The number of hydrogen-bond donors (Lipinski definition) is 2. The molecule has 2 rings (SSSR count). The third-order valence-corrected chi connectivity index (χ3v) is 3.91. The lowest BCUT2D eigenvalue weighted by atomic mass is 10.1. The Kier molecular flexibility index (Phi) is 6.78. The fourth-order valence-corrected chi connectivity index (χ4v) is 2.31. The number of anilines is 1. The van der Waals surface area contributed by atoms with E-state index in [4.69, 9.17) is 0 Å². The minimum absolute atomic E-state index is 0.0261. The van der Waals surface area contributed by atoms with Gasteiger partial charge in [-0.15, -0.1) is 0 Å². The number of carbonyl (C=O) groups is 3. The lowest BCUT2D eigenvalue weighted by molar-refractivity contribution is -0.140. The zero-order valence-electron chi connectivity index (χ0n) is 14.0. The van der Waals surface area contributed by atoms with E-state index >= 15 is 0 Å². The summed E-state index contributed by atoms with van der Waals surface area (Å²) in [4.78, 5) is 34.8. The molecule has 0 bridgehead atoms. The Morgan fingerprint density at radius 1 is 1.17 bits per heavy atom. The van der Waals surface area contributed by atoms with Gasteiger partial charge in [-0.2, -0.15) is 0 Å². The van der Waals surface area contributed by atoms with Crippen molar-refractivity contribution in [2.45, 2.75) is 38.5 Å². The number of nitrogens with one attached hydrogen (secondary N) is 2. The molecule has 0 atom stereocenters. The second-order valence-electron chi connectivity index (χ2n) is 5.99. The molecule has 1 saturated carbocycles. The smallest absolute Gasteiger partial charge is 0.305 e. The van der Waals surface area contributed by atoms with Gasteiger partial charge in [-0.05, 0) is 43.9 Å². The van der Waals surface area contributed by atoms with Crippen LogP contribution in [0.25, 0.3) is 0 Å². The Labute approximate surface area is 142 Å². The Hall–Kier alpha value is -2.37. The Bertz CT molecular complexity index is 596. The van der Waals surface area contributed by atoms with E-state index in [2.05, 4.69) is 15.4 Å². The number of hydrogen-bond acceptors (Lipinski definition) is 4. The standard InChI is InChI=1S/C18H24N2O4/c1-24-16(21)8-3-2-4-11-19-17(22)14-6-5-7-15(12-14)20-18(23)13-9-10-13/h5-7,12-13H,2-4,8-11H2,1H3,(H,19,22)(H,20,23). The van der Waals surface area contributed by atoms with Gasteiger partial charge in [0.1, 0.15) is 0 Å². The van der Waals surface area contributed by atoms with E-state index in [1.54, 1.807) is 24.3 Å². The van der Waals surface area contributed by atoms with Crippen LogP contribution in [0.2, 0.25) is 0 Å². The molecule has 0 heterocycles. The number of esters is 1. The van der Waals surface area contributed by atoms with E-state index in [0.717, 1.165) is 32.1 Å². The molecule has 2 N–H and O–H groups in total. The predicted octanol–water partition coefficient (Wildman–Crippen LogP) is 2.50. The van der Waals surface area contributed by atoms with Crippen molar-refractivity contribution in [3.63, 3.8) is 0 Å². The van der Waals surface area contributed by atoms with Crippen LogP contribution in [0.1, 0.15) is 48.9 Å². The van der Waals surface area contributed by atoms with Gasteiger partial charge in [0.25, 0.3) is 5.91 Å². The van der Waals surface area contributed by atoms with E-state index < -0.39 is 0 Å². The van der Waals surface area contributed by atoms with Gasteiger partial charge in [-0.1, -0.05) is 12.5 Å². The van der Waals surface area contributed by atoms with Crippen LogP contribution in [0, 0.1) is 5.92 Å². The second kappa shape index (κ2) is 9.05. The summed E-state index contributed by atoms with van der Waals surface area (Å²) < 4.78 is 4.57. The van der Waals surface area contributed by atoms with Gasteiger partial charge in [-0.3, -0.25) is 14.4 Å². The number of benzene rings is 1. The highest BCUT2D eigenvalue weighted by Crippen LogP contribution is 2.30. The van der Waals surface area contributed by atoms with Crippen LogP contribution < -0.4 is 10.6 Å². The van der Waals surface area contributed by atoms with Crippen molar-refractivity contribution in [1.82, 2.24) is 5.32 Å². The van der Waals surface area contributed by atoms with Crippen molar-refractivity contribution in [1.29, 1.82) is 0 Å². The average molecular weight is 332 g/mol. The lowest BCUT2D eigenvalue weighted by Crippen LogP contribution is -2.24. The third kappa shape index (κ3) is 6.02. The summed E-state index contributed by atoms with van der Waals surface area (Å²) >= 11 is 0. The average Bonchev–Trinajstić information content (AvgIpc) is 3.42. The first kappa shape index (κ1) is 18.0. The number of carbonyl (C=O) groups excluding carboxylic acids is 3. The quantitative estimate of drug-likeness (QED) is 0.537. The predicted molar refractivity (Wildman–Crippen MR) is 90.6 cm³/mol. The molecule has 0 aliphatic heterocycles. The van der Waals surface area contributed by atoms with Crippen molar-refractivity contribution in [2.75, 3.05) is 19.0 Å². The summed E-state index contributed by atoms with van der Waals surface area (Å²) in [5, 5.41) is 5.69. The Morgan fingerprint density at radius 2 is 1.96 bits per heavy atom.